The number of esters is 2. The number of ether oxygens (including phenoxy) is 3. The molecular formula is C52H97NO7. The first-order valence-corrected chi connectivity index (χ1v) is 25.4. The van der Waals surface area contributed by atoms with Crippen LogP contribution in [0.4, 0.5) is 0 Å². The molecule has 0 saturated heterocycles. The van der Waals surface area contributed by atoms with Gasteiger partial charge in [0.15, 0.2) is 6.10 Å². The number of carboxylic acid groups (broad SMARTS) is 1. The molecule has 0 rings (SSSR count). The average Bonchev–Trinajstić information content (AvgIpc) is 3.21. The molecule has 2 unspecified atom stereocenters. The lowest BCUT2D eigenvalue weighted by molar-refractivity contribution is -0.889. The molecular weight excluding hydrogens is 751 g/mol. The van der Waals surface area contributed by atoms with Gasteiger partial charge in [-0.15, -0.1) is 0 Å². The maximum absolute atomic E-state index is 12.8. The van der Waals surface area contributed by atoms with E-state index in [1.165, 1.54) is 141 Å². The summed E-state index contributed by atoms with van der Waals surface area (Å²) < 4.78 is 17.2. The van der Waals surface area contributed by atoms with E-state index in [2.05, 4.69) is 38.2 Å². The topological polar surface area (TPSA) is 102 Å². The van der Waals surface area contributed by atoms with Crippen molar-refractivity contribution in [3.05, 3.63) is 24.3 Å². The Morgan fingerprint density at radius 2 is 0.833 bits per heavy atom. The summed E-state index contributed by atoms with van der Waals surface area (Å²) in [4.78, 5) is 37.0. The molecule has 8 heteroatoms. The van der Waals surface area contributed by atoms with Gasteiger partial charge in [0.05, 0.1) is 40.3 Å². The minimum Gasteiger partial charge on any atom is -0.544 e. The lowest BCUT2D eigenvalue weighted by Crippen LogP contribution is -2.55. The highest BCUT2D eigenvalue weighted by atomic mass is 16.6. The molecule has 2 atom stereocenters. The van der Waals surface area contributed by atoms with Crippen LogP contribution in [0.25, 0.3) is 0 Å². The third-order valence-electron chi connectivity index (χ3n) is 11.6. The van der Waals surface area contributed by atoms with E-state index in [1.807, 2.05) is 0 Å². The lowest BCUT2D eigenvalue weighted by Gasteiger charge is -2.34. The third-order valence-corrected chi connectivity index (χ3v) is 11.6. The van der Waals surface area contributed by atoms with Crippen molar-refractivity contribution >= 4 is 17.9 Å². The van der Waals surface area contributed by atoms with Crippen molar-refractivity contribution in [2.45, 2.75) is 251 Å². The molecule has 0 amide bonds. The number of carbonyl (C=O) groups excluding carboxylic acids is 3. The zero-order valence-corrected chi connectivity index (χ0v) is 40.1. The third kappa shape index (κ3) is 41.2. The highest BCUT2D eigenvalue weighted by Gasteiger charge is 2.25. The number of hydrogen-bond acceptors (Lipinski definition) is 7. The van der Waals surface area contributed by atoms with Gasteiger partial charge in [-0.3, -0.25) is 9.59 Å². The molecule has 0 aliphatic rings. The van der Waals surface area contributed by atoms with E-state index in [-0.39, 0.29) is 42.7 Å². The van der Waals surface area contributed by atoms with Gasteiger partial charge in [0.25, 0.3) is 0 Å². The van der Waals surface area contributed by atoms with Crippen LogP contribution in [0.1, 0.15) is 239 Å². The number of carboxylic acids is 1. The van der Waals surface area contributed by atoms with Crippen LogP contribution >= 0.6 is 0 Å². The Balaban J connectivity index is 4.27. The predicted octanol–water partition coefficient (Wildman–Crippen LogP) is 13.1. The van der Waals surface area contributed by atoms with Gasteiger partial charge in [-0.2, -0.15) is 0 Å². The van der Waals surface area contributed by atoms with Gasteiger partial charge in [-0.1, -0.05) is 179 Å². The van der Waals surface area contributed by atoms with Gasteiger partial charge in [-0.25, -0.2) is 0 Å². The Morgan fingerprint density at radius 3 is 1.20 bits per heavy atom. The molecule has 0 aliphatic heterocycles. The van der Waals surface area contributed by atoms with Gasteiger partial charge < -0.3 is 28.6 Å². The van der Waals surface area contributed by atoms with Crippen molar-refractivity contribution in [2.24, 2.45) is 0 Å². The Kier molecular flexibility index (Phi) is 41.9. The fraction of sp³-hybridized carbons (Fsp3) is 0.865. The highest BCUT2D eigenvalue weighted by molar-refractivity contribution is 5.70. The molecule has 0 fully saturated rings. The van der Waals surface area contributed by atoms with E-state index < -0.39 is 18.1 Å². The van der Waals surface area contributed by atoms with Gasteiger partial charge >= 0.3 is 11.9 Å². The highest BCUT2D eigenvalue weighted by Crippen LogP contribution is 2.15. The van der Waals surface area contributed by atoms with Gasteiger partial charge in [0, 0.05) is 19.3 Å². The molecule has 352 valence electrons. The van der Waals surface area contributed by atoms with Crippen molar-refractivity contribution in [1.82, 2.24) is 0 Å². The number of rotatable bonds is 46. The molecule has 60 heavy (non-hydrogen) atoms. The molecule has 0 heterocycles. The number of carbonyl (C=O) groups is 3. The van der Waals surface area contributed by atoms with E-state index in [4.69, 9.17) is 14.2 Å². The fourth-order valence-electron chi connectivity index (χ4n) is 7.59. The van der Waals surface area contributed by atoms with Gasteiger partial charge in [0.1, 0.15) is 12.6 Å². The molecule has 0 spiro atoms. The zero-order chi connectivity index (χ0) is 44.2. The second-order valence-electron chi connectivity index (χ2n) is 18.4. The summed E-state index contributed by atoms with van der Waals surface area (Å²) >= 11 is 0. The number of aliphatic carboxylic acids is 1. The molecule has 0 bridgehead atoms. The Hall–Kier alpha value is -2.19. The minimum atomic E-state index is -1.12. The van der Waals surface area contributed by atoms with E-state index in [0.29, 0.717) is 12.8 Å². The first-order chi connectivity index (χ1) is 29.1. The Morgan fingerprint density at radius 1 is 0.483 bits per heavy atom. The number of quaternary nitrogens is 1. The maximum Gasteiger partial charge on any atom is 0.306 e. The standard InChI is InChI=1S/C52H97NO7/c1-6-8-10-12-14-16-18-20-22-24-26-28-30-32-34-36-38-40-42-50(54)59-47-48(46-58-45-44-49(52(56)57)53(3,4)5)60-51(55)43-41-39-37-35-33-31-29-27-25-23-21-19-17-15-13-11-9-7-2/h26-29,48-49H,6-25,30-47H2,1-5H3/b28-26+,29-27+. The quantitative estimate of drug-likeness (QED) is 0.0260. The number of allylic oxidation sites excluding steroid dienone is 4. The Labute approximate surface area is 371 Å². The van der Waals surface area contributed by atoms with Crippen molar-refractivity contribution in [1.29, 1.82) is 0 Å². The van der Waals surface area contributed by atoms with Gasteiger partial charge in [-0.05, 0) is 64.2 Å². The summed E-state index contributed by atoms with van der Waals surface area (Å²) in [5, 5.41) is 11.7. The van der Waals surface area contributed by atoms with Crippen LogP contribution in [-0.2, 0) is 28.6 Å². The summed E-state index contributed by atoms with van der Waals surface area (Å²) in [5.74, 6) is -1.74. The SMILES string of the molecule is CCCCCCCCCCC/C=C/CCCCCCCC(=O)OCC(COCCC(C(=O)[O-])[N+](C)(C)C)OC(=O)CCCCCCC/C=C/CCCCCCCCCCC. The van der Waals surface area contributed by atoms with Crippen molar-refractivity contribution < 1.29 is 38.2 Å². The summed E-state index contributed by atoms with van der Waals surface area (Å²) in [6.07, 6.45) is 49.2. The molecule has 0 aromatic heterocycles. The number of hydrogen-bond donors (Lipinski definition) is 0. The summed E-state index contributed by atoms with van der Waals surface area (Å²) in [5.41, 5.74) is 0. The largest absolute Gasteiger partial charge is 0.544 e. The second-order valence-corrected chi connectivity index (χ2v) is 18.4. The number of nitrogens with zero attached hydrogens (tertiary/aromatic N) is 1. The van der Waals surface area contributed by atoms with E-state index in [9.17, 15) is 19.5 Å². The van der Waals surface area contributed by atoms with Crippen LogP contribution in [0.5, 0.6) is 0 Å². The normalized spacial score (nSPS) is 13.0. The molecule has 0 aliphatic carbocycles. The number of likely N-dealkylation sites (N-methyl/N-ethyl adjacent to an activating group) is 1. The second kappa shape index (κ2) is 43.5. The van der Waals surface area contributed by atoms with Crippen LogP contribution in [0.15, 0.2) is 24.3 Å². The molecule has 0 radical (unpaired) electrons. The molecule has 0 N–H and O–H groups in total. The lowest BCUT2D eigenvalue weighted by atomic mass is 10.1. The first kappa shape index (κ1) is 57.8. The molecule has 0 aromatic rings. The van der Waals surface area contributed by atoms with Crippen molar-refractivity contribution in [2.75, 3.05) is 41.0 Å². The van der Waals surface area contributed by atoms with E-state index in [1.54, 1.807) is 21.1 Å². The monoisotopic (exact) mass is 848 g/mol. The predicted molar refractivity (Wildman–Crippen MR) is 250 cm³/mol. The van der Waals surface area contributed by atoms with Crippen molar-refractivity contribution in [3.8, 4) is 0 Å². The summed E-state index contributed by atoms with van der Waals surface area (Å²) in [7, 11) is 5.41. The van der Waals surface area contributed by atoms with Gasteiger partial charge in [0.2, 0.25) is 0 Å². The summed E-state index contributed by atoms with van der Waals surface area (Å²) in [6, 6.07) is -0.727. The van der Waals surface area contributed by atoms with E-state index in [0.717, 1.165) is 64.2 Å². The average molecular weight is 848 g/mol. The number of unbranched alkanes of at least 4 members (excludes halogenated alkanes) is 28. The zero-order valence-electron chi connectivity index (χ0n) is 40.1. The first-order valence-electron chi connectivity index (χ1n) is 25.4. The molecule has 8 nitrogen and oxygen atoms in total. The molecule has 0 saturated carbocycles. The molecule has 0 aromatic carbocycles. The smallest absolute Gasteiger partial charge is 0.306 e. The van der Waals surface area contributed by atoms with E-state index >= 15 is 0 Å². The van der Waals surface area contributed by atoms with Crippen LogP contribution in [-0.4, -0.2) is 75.5 Å². The Bertz CT molecular complexity index is 1040. The summed E-state index contributed by atoms with van der Waals surface area (Å²) in [6.45, 7) is 4.68. The van der Waals surface area contributed by atoms with Crippen LogP contribution in [0.2, 0.25) is 0 Å². The van der Waals surface area contributed by atoms with Crippen LogP contribution < -0.4 is 5.11 Å². The van der Waals surface area contributed by atoms with Crippen molar-refractivity contribution in [3.63, 3.8) is 0 Å². The fourth-order valence-corrected chi connectivity index (χ4v) is 7.59. The van der Waals surface area contributed by atoms with Crippen LogP contribution in [0.3, 0.4) is 0 Å². The maximum atomic E-state index is 12.8. The van der Waals surface area contributed by atoms with Crippen LogP contribution in [0, 0.1) is 0 Å². The minimum absolute atomic E-state index is 0.0379.